The Hall–Kier alpha value is -1.56. The van der Waals surface area contributed by atoms with Gasteiger partial charge in [-0.1, -0.05) is 0 Å². The maximum atomic E-state index is 12.4. The van der Waals surface area contributed by atoms with Crippen molar-refractivity contribution in [2.24, 2.45) is 0 Å². The van der Waals surface area contributed by atoms with Crippen LogP contribution in [-0.2, 0) is 4.87 Å². The van der Waals surface area contributed by atoms with Gasteiger partial charge in [0, 0.05) is 6.20 Å². The first kappa shape index (κ1) is 12.9. The van der Waals surface area contributed by atoms with Gasteiger partial charge in [0.05, 0.1) is 23.7 Å². The van der Waals surface area contributed by atoms with E-state index >= 15 is 0 Å². The summed E-state index contributed by atoms with van der Waals surface area (Å²) in [5, 5.41) is 0.520. The molecule has 2 rings (SSSR count). The summed E-state index contributed by atoms with van der Waals surface area (Å²) in [5.74, 6) is 0.374. The van der Waals surface area contributed by atoms with E-state index in [0.29, 0.717) is 16.8 Å². The van der Waals surface area contributed by atoms with E-state index in [1.54, 1.807) is 34.9 Å². The molecule has 0 spiro atoms. The van der Waals surface area contributed by atoms with Crippen molar-refractivity contribution in [1.82, 2.24) is 14.5 Å². The summed E-state index contributed by atoms with van der Waals surface area (Å²) >= 11 is 1.59. The van der Waals surface area contributed by atoms with Crippen molar-refractivity contribution < 1.29 is 4.74 Å². The number of rotatable bonds is 3. The van der Waals surface area contributed by atoms with Crippen LogP contribution in [0.25, 0.3) is 10.9 Å². The Morgan fingerprint density at radius 1 is 1.39 bits per heavy atom. The van der Waals surface area contributed by atoms with Gasteiger partial charge < -0.3 is 4.74 Å². The number of pyridine rings is 1. The van der Waals surface area contributed by atoms with Crippen molar-refractivity contribution in [2.45, 2.75) is 18.7 Å². The summed E-state index contributed by atoms with van der Waals surface area (Å²) in [6, 6.07) is 1.67. The van der Waals surface area contributed by atoms with Crippen molar-refractivity contribution in [3.05, 3.63) is 28.9 Å². The minimum absolute atomic E-state index is 0.0833. The molecule has 0 atom stereocenters. The molecule has 0 N–H and O–H groups in total. The minimum atomic E-state index is -0.339. The highest BCUT2D eigenvalue weighted by atomic mass is 32.2. The fraction of sp³-hybridized carbons (Fsp3) is 0.417. The molecular weight excluding hydrogens is 250 g/mol. The Labute approximate surface area is 109 Å². The predicted octanol–water partition coefficient (Wildman–Crippen LogP) is 1.86. The second-order valence-electron chi connectivity index (χ2n) is 4.29. The topological polar surface area (TPSA) is 57.0 Å². The summed E-state index contributed by atoms with van der Waals surface area (Å²) in [7, 11) is 1.51. The molecule has 0 bridgehead atoms. The number of ether oxygens (including phenoxy) is 1. The lowest BCUT2D eigenvalue weighted by Gasteiger charge is -2.24. The number of methoxy groups -OCH3 is 1. The fourth-order valence-electron chi connectivity index (χ4n) is 1.66. The van der Waals surface area contributed by atoms with E-state index in [1.165, 1.54) is 7.11 Å². The third kappa shape index (κ3) is 1.96. The van der Waals surface area contributed by atoms with E-state index < -0.39 is 0 Å². The van der Waals surface area contributed by atoms with Gasteiger partial charge in [-0.2, -0.15) is 0 Å². The smallest absolute Gasteiger partial charge is 0.262 e. The van der Waals surface area contributed by atoms with Crippen LogP contribution in [0.2, 0.25) is 0 Å². The van der Waals surface area contributed by atoms with Crippen LogP contribution >= 0.6 is 11.8 Å². The van der Waals surface area contributed by atoms with E-state index in [1.807, 2.05) is 20.1 Å². The molecule has 6 heteroatoms. The van der Waals surface area contributed by atoms with Crippen molar-refractivity contribution in [3.8, 4) is 5.88 Å². The van der Waals surface area contributed by atoms with E-state index in [-0.39, 0.29) is 10.4 Å². The Morgan fingerprint density at radius 3 is 2.72 bits per heavy atom. The van der Waals surface area contributed by atoms with Crippen molar-refractivity contribution in [3.63, 3.8) is 0 Å². The van der Waals surface area contributed by atoms with Gasteiger partial charge in [-0.05, 0) is 26.2 Å². The highest BCUT2D eigenvalue weighted by Crippen LogP contribution is 2.26. The molecule has 0 saturated heterocycles. The molecule has 0 aliphatic carbocycles. The zero-order valence-corrected chi connectivity index (χ0v) is 11.6. The lowest BCUT2D eigenvalue weighted by Crippen LogP contribution is -2.33. The standard InChI is InChI=1S/C12H15N3O2S/c1-12(2,18-4)15-7-14-9-8(11(15)16)5-6-13-10(9)17-3/h5-7H,1-4H3. The van der Waals surface area contributed by atoms with Crippen LogP contribution in [0.4, 0.5) is 0 Å². The maximum absolute atomic E-state index is 12.4. The molecule has 2 aromatic rings. The lowest BCUT2D eigenvalue weighted by atomic mass is 10.3. The molecule has 0 saturated carbocycles. The van der Waals surface area contributed by atoms with Gasteiger partial charge in [-0.15, -0.1) is 11.8 Å². The molecule has 96 valence electrons. The second-order valence-corrected chi connectivity index (χ2v) is 5.69. The molecule has 2 aromatic heterocycles. The first-order chi connectivity index (χ1) is 8.51. The second kappa shape index (κ2) is 4.61. The minimum Gasteiger partial charge on any atom is -0.479 e. The number of hydrogen-bond acceptors (Lipinski definition) is 5. The lowest BCUT2D eigenvalue weighted by molar-refractivity contribution is 0.402. The number of fused-ring (bicyclic) bond motifs is 1. The van der Waals surface area contributed by atoms with Crippen LogP contribution in [0.5, 0.6) is 5.88 Å². The number of aromatic nitrogens is 3. The van der Waals surface area contributed by atoms with Gasteiger partial charge in [0.25, 0.3) is 5.56 Å². The molecular formula is C12H15N3O2S. The predicted molar refractivity (Wildman–Crippen MR) is 73.2 cm³/mol. The largest absolute Gasteiger partial charge is 0.479 e. The van der Waals surface area contributed by atoms with Crippen LogP contribution in [-0.4, -0.2) is 27.9 Å². The maximum Gasteiger partial charge on any atom is 0.262 e. The SMILES string of the molecule is COc1nccc2c(=O)n(C(C)(C)SC)cnc12. The number of thioether (sulfide) groups is 1. The normalized spacial score (nSPS) is 11.8. The van der Waals surface area contributed by atoms with Crippen molar-refractivity contribution in [1.29, 1.82) is 0 Å². The van der Waals surface area contributed by atoms with Gasteiger partial charge in [-0.25, -0.2) is 9.97 Å². The summed E-state index contributed by atoms with van der Waals surface area (Å²) < 4.78 is 6.73. The average molecular weight is 265 g/mol. The fourth-order valence-corrected chi connectivity index (χ4v) is 1.99. The summed E-state index contributed by atoms with van der Waals surface area (Å²) in [6.45, 7) is 3.95. The van der Waals surface area contributed by atoms with Crippen molar-refractivity contribution in [2.75, 3.05) is 13.4 Å². The van der Waals surface area contributed by atoms with Crippen LogP contribution in [0.1, 0.15) is 13.8 Å². The molecule has 0 unspecified atom stereocenters. The van der Waals surface area contributed by atoms with E-state index in [2.05, 4.69) is 9.97 Å². The van der Waals surface area contributed by atoms with Gasteiger partial charge in [0.15, 0.2) is 0 Å². The monoisotopic (exact) mass is 265 g/mol. The summed E-state index contributed by atoms with van der Waals surface area (Å²) in [5.41, 5.74) is 0.415. The molecule has 0 radical (unpaired) electrons. The third-order valence-electron chi connectivity index (χ3n) is 2.92. The zero-order chi connectivity index (χ0) is 13.3. The molecule has 0 fully saturated rings. The number of nitrogens with zero attached hydrogens (tertiary/aromatic N) is 3. The van der Waals surface area contributed by atoms with Gasteiger partial charge in [0.1, 0.15) is 5.52 Å². The van der Waals surface area contributed by atoms with Crippen LogP contribution < -0.4 is 10.3 Å². The first-order valence-corrected chi connectivity index (χ1v) is 6.69. The molecule has 0 aliphatic rings. The van der Waals surface area contributed by atoms with Gasteiger partial charge in [-0.3, -0.25) is 9.36 Å². The van der Waals surface area contributed by atoms with E-state index in [0.717, 1.165) is 0 Å². The highest BCUT2D eigenvalue weighted by Gasteiger charge is 2.21. The summed E-state index contributed by atoms with van der Waals surface area (Å²) in [4.78, 5) is 20.4. The van der Waals surface area contributed by atoms with Crippen molar-refractivity contribution >= 4 is 22.7 Å². The quantitative estimate of drug-likeness (QED) is 0.847. The first-order valence-electron chi connectivity index (χ1n) is 5.47. The molecule has 0 aliphatic heterocycles. The zero-order valence-electron chi connectivity index (χ0n) is 10.8. The average Bonchev–Trinajstić information content (AvgIpc) is 2.38. The highest BCUT2D eigenvalue weighted by molar-refractivity contribution is 7.99. The molecule has 0 amide bonds. The van der Waals surface area contributed by atoms with Crippen LogP contribution in [0.3, 0.4) is 0 Å². The molecule has 18 heavy (non-hydrogen) atoms. The third-order valence-corrected chi connectivity index (χ3v) is 4.11. The Kier molecular flexibility index (Phi) is 3.30. The molecule has 5 nitrogen and oxygen atoms in total. The van der Waals surface area contributed by atoms with Gasteiger partial charge in [0.2, 0.25) is 5.88 Å². The Balaban J connectivity index is 2.78. The molecule has 2 heterocycles. The molecule has 0 aromatic carbocycles. The van der Waals surface area contributed by atoms with E-state index in [4.69, 9.17) is 4.74 Å². The number of hydrogen-bond donors (Lipinski definition) is 0. The van der Waals surface area contributed by atoms with Crippen LogP contribution in [0, 0.1) is 0 Å². The van der Waals surface area contributed by atoms with E-state index in [9.17, 15) is 4.79 Å². The van der Waals surface area contributed by atoms with Crippen LogP contribution in [0.15, 0.2) is 23.4 Å². The Morgan fingerprint density at radius 2 is 2.11 bits per heavy atom. The Bertz CT molecular complexity index is 637. The van der Waals surface area contributed by atoms with Gasteiger partial charge >= 0.3 is 0 Å². The summed E-state index contributed by atoms with van der Waals surface area (Å²) in [6.07, 6.45) is 5.07.